The zero-order valence-electron chi connectivity index (χ0n) is 44.8. The molecule has 1 aromatic carbocycles. The second kappa shape index (κ2) is 34.0. The number of aromatic nitrogens is 1. The first kappa shape index (κ1) is 64.5. The van der Waals surface area contributed by atoms with E-state index < -0.39 is 89.6 Å². The SMILES string of the molecule is CC[C@H](C)[C@H](NC(=O)[C@H](C)NC(=O)[C@H](CCSC)NC(=O)[C@H](Cc1c[nH]c2ccccc12)NC(=O)[C@H](CCCCN)NC(=O)[C@H](CCCNC(=N)N)NC(=O)[C@H](CC(C)C)NC(=O)[C@@H](C)CCCNC(=N)N)C(N)=O. The van der Waals surface area contributed by atoms with Gasteiger partial charge in [-0.25, -0.2) is 0 Å². The normalized spacial score (nSPS) is 14.8. The van der Waals surface area contributed by atoms with Crippen molar-refractivity contribution in [2.75, 3.05) is 31.6 Å². The minimum absolute atomic E-state index is 0.0336. The number of aromatic amines is 1. The lowest BCUT2D eigenvalue weighted by Gasteiger charge is -2.28. The summed E-state index contributed by atoms with van der Waals surface area (Å²) < 4.78 is 0. The predicted octanol–water partition coefficient (Wildman–Crippen LogP) is -0.254. The molecule has 2 aromatic rings. The summed E-state index contributed by atoms with van der Waals surface area (Å²) in [7, 11) is 0. The minimum Gasteiger partial charge on any atom is -0.370 e. The summed E-state index contributed by atoms with van der Waals surface area (Å²) in [5, 5.41) is 40.4. The number of hydrogen-bond acceptors (Lipinski definition) is 12. The second-order valence-corrected chi connectivity index (χ2v) is 20.4. The number of para-hydroxylation sites is 1. The highest BCUT2D eigenvalue weighted by atomic mass is 32.2. The number of rotatable bonds is 36. The number of carbonyl (C=O) groups is 8. The van der Waals surface area contributed by atoms with Gasteiger partial charge in [-0.1, -0.05) is 59.2 Å². The Kier molecular flexibility index (Phi) is 29.3. The predicted molar refractivity (Wildman–Crippen MR) is 293 cm³/mol. The molecule has 0 bridgehead atoms. The lowest BCUT2D eigenvalue weighted by Crippen LogP contribution is -2.60. The van der Waals surface area contributed by atoms with E-state index in [-0.39, 0.29) is 81.3 Å². The highest BCUT2D eigenvalue weighted by molar-refractivity contribution is 7.98. The summed E-state index contributed by atoms with van der Waals surface area (Å²) in [4.78, 5) is 114. The van der Waals surface area contributed by atoms with Crippen molar-refractivity contribution < 1.29 is 38.4 Å². The number of nitrogens with two attached hydrogens (primary N) is 4. The molecule has 8 amide bonds. The third kappa shape index (κ3) is 23.6. The Hall–Kier alpha value is -6.63. The third-order valence-electron chi connectivity index (χ3n) is 12.7. The average Bonchev–Trinajstić information content (AvgIpc) is 3.77. The molecule has 0 spiro atoms. The van der Waals surface area contributed by atoms with Gasteiger partial charge >= 0.3 is 0 Å². The molecule has 9 atom stereocenters. The Bertz CT molecular complexity index is 2210. The van der Waals surface area contributed by atoms with Gasteiger partial charge in [0.05, 0.1) is 0 Å². The monoisotopic (exact) mass is 1070 g/mol. The highest BCUT2D eigenvalue weighted by Crippen LogP contribution is 2.20. The van der Waals surface area contributed by atoms with Crippen molar-refractivity contribution in [2.45, 2.75) is 154 Å². The van der Waals surface area contributed by atoms with Gasteiger partial charge < -0.3 is 75.8 Å². The zero-order valence-corrected chi connectivity index (χ0v) is 45.6. The average molecular weight is 1070 g/mol. The van der Waals surface area contributed by atoms with Crippen LogP contribution in [0.5, 0.6) is 0 Å². The van der Waals surface area contributed by atoms with Gasteiger partial charge in [-0.2, -0.15) is 11.8 Å². The van der Waals surface area contributed by atoms with Crippen LogP contribution in [0, 0.1) is 28.6 Å². The van der Waals surface area contributed by atoms with E-state index >= 15 is 0 Å². The molecule has 0 aliphatic rings. The van der Waals surface area contributed by atoms with Crippen molar-refractivity contribution in [2.24, 2.45) is 40.7 Å². The fourth-order valence-electron chi connectivity index (χ4n) is 8.05. The van der Waals surface area contributed by atoms with Crippen LogP contribution in [0.4, 0.5) is 0 Å². The Morgan fingerprint density at radius 1 is 0.613 bits per heavy atom. The number of thioether (sulfide) groups is 1. The number of unbranched alkanes of at least 4 members (excludes halogenated alkanes) is 1. The number of fused-ring (bicyclic) bond motifs is 1. The maximum absolute atomic E-state index is 14.6. The van der Waals surface area contributed by atoms with Gasteiger partial charge in [0.1, 0.15) is 42.3 Å². The van der Waals surface area contributed by atoms with E-state index in [1.165, 1.54) is 18.7 Å². The van der Waals surface area contributed by atoms with Crippen LogP contribution in [0.1, 0.15) is 111 Å². The van der Waals surface area contributed by atoms with E-state index in [9.17, 15) is 38.4 Å². The molecule has 20 N–H and O–H groups in total. The van der Waals surface area contributed by atoms with Gasteiger partial charge in [-0.15, -0.1) is 0 Å². The number of carbonyl (C=O) groups excluding carboxylic acids is 8. The molecule has 0 radical (unpaired) electrons. The van der Waals surface area contributed by atoms with Crippen molar-refractivity contribution in [3.05, 3.63) is 36.0 Å². The van der Waals surface area contributed by atoms with Gasteiger partial charge in [0.2, 0.25) is 47.3 Å². The Labute approximate surface area is 445 Å². The fourth-order valence-corrected chi connectivity index (χ4v) is 8.52. The van der Waals surface area contributed by atoms with Gasteiger partial charge in [-0.05, 0) is 107 Å². The summed E-state index contributed by atoms with van der Waals surface area (Å²) >= 11 is 1.43. The van der Waals surface area contributed by atoms with E-state index in [4.69, 9.17) is 33.8 Å². The van der Waals surface area contributed by atoms with Crippen LogP contribution < -0.4 is 70.8 Å². The van der Waals surface area contributed by atoms with Crippen LogP contribution in [-0.2, 0) is 44.8 Å². The van der Waals surface area contributed by atoms with E-state index in [0.29, 0.717) is 50.0 Å². The second-order valence-electron chi connectivity index (χ2n) is 19.4. The van der Waals surface area contributed by atoms with Crippen LogP contribution in [0.3, 0.4) is 0 Å². The molecule has 0 unspecified atom stereocenters. The molecule has 420 valence electrons. The molecular formula is C50H86N16O8S. The van der Waals surface area contributed by atoms with Crippen LogP contribution in [0.2, 0.25) is 0 Å². The molecule has 24 nitrogen and oxygen atoms in total. The molecule has 0 fully saturated rings. The van der Waals surface area contributed by atoms with Crippen molar-refractivity contribution in [1.29, 1.82) is 10.8 Å². The molecule has 25 heteroatoms. The lowest BCUT2D eigenvalue weighted by molar-refractivity contribution is -0.136. The Morgan fingerprint density at radius 3 is 1.67 bits per heavy atom. The molecule has 2 rings (SSSR count). The number of nitrogens with one attached hydrogen (secondary N) is 12. The summed E-state index contributed by atoms with van der Waals surface area (Å²) in [6.07, 6.45) is 6.66. The first-order valence-electron chi connectivity index (χ1n) is 25.8. The molecular weight excluding hydrogens is 985 g/mol. The van der Waals surface area contributed by atoms with Gasteiger partial charge in [0, 0.05) is 42.5 Å². The number of H-pyrrole nitrogens is 1. The summed E-state index contributed by atoms with van der Waals surface area (Å²) in [6.45, 7) is 11.4. The van der Waals surface area contributed by atoms with Crippen LogP contribution in [0.25, 0.3) is 10.9 Å². The molecule has 0 aliphatic carbocycles. The van der Waals surface area contributed by atoms with Crippen molar-refractivity contribution in [1.82, 2.24) is 52.8 Å². The van der Waals surface area contributed by atoms with Crippen molar-refractivity contribution >= 4 is 81.8 Å². The van der Waals surface area contributed by atoms with Crippen molar-refractivity contribution in [3.8, 4) is 0 Å². The van der Waals surface area contributed by atoms with E-state index in [1.807, 2.05) is 51.3 Å². The van der Waals surface area contributed by atoms with Gasteiger partial charge in [-0.3, -0.25) is 49.2 Å². The number of primary amides is 1. The first-order chi connectivity index (χ1) is 35.5. The molecule has 1 aromatic heterocycles. The maximum Gasteiger partial charge on any atom is 0.243 e. The van der Waals surface area contributed by atoms with Gasteiger partial charge in [0.15, 0.2) is 11.9 Å². The summed E-state index contributed by atoms with van der Waals surface area (Å²) in [5.41, 5.74) is 23.7. The number of guanidine groups is 2. The third-order valence-corrected chi connectivity index (χ3v) is 13.3. The Balaban J connectivity index is 2.50. The van der Waals surface area contributed by atoms with Crippen LogP contribution >= 0.6 is 11.8 Å². The maximum atomic E-state index is 14.6. The number of benzene rings is 1. The summed E-state index contributed by atoms with van der Waals surface area (Å²) in [6, 6.07) is -0.726. The summed E-state index contributed by atoms with van der Waals surface area (Å²) in [5.74, 6) is -6.10. The standard InChI is InChI=1S/C50H86N16O8S/c1-8-29(4)40(41(52)67)66-43(69)31(6)60-44(70)37(20-24-75-7)63-48(74)39(26-32-27-59-34-17-10-9-16-33(32)34)65-46(72)35(18-11-12-21-51)61-45(71)36(19-14-23-58-50(55)56)62-47(73)38(25-28(2)3)64-42(68)30(5)15-13-22-57-49(53)54/h9-10,16-17,27-31,35-40,59H,8,11-15,18-26,51H2,1-7H3,(H2,52,67)(H,60,70)(H,61,71)(H,62,73)(H,63,74)(H,64,68)(H,65,72)(H,66,69)(H4,53,54,57)(H4,55,56,58)/t29-,30-,31-,35-,36-,37-,38-,39-,40-/m0/s1. The molecule has 0 saturated heterocycles. The quantitative estimate of drug-likeness (QED) is 0.0238. The van der Waals surface area contributed by atoms with Crippen LogP contribution in [-0.4, -0.2) is 138 Å². The number of hydrogen-bond donors (Lipinski definition) is 16. The van der Waals surface area contributed by atoms with Crippen LogP contribution in [0.15, 0.2) is 30.5 Å². The first-order valence-corrected chi connectivity index (χ1v) is 27.2. The Morgan fingerprint density at radius 2 is 1.12 bits per heavy atom. The largest absolute Gasteiger partial charge is 0.370 e. The lowest BCUT2D eigenvalue weighted by atomic mass is 9.98. The fraction of sp³-hybridized carbons (Fsp3) is 0.640. The van der Waals surface area contributed by atoms with E-state index in [2.05, 4.69) is 52.8 Å². The van der Waals surface area contributed by atoms with E-state index in [0.717, 1.165) is 10.9 Å². The molecule has 75 heavy (non-hydrogen) atoms. The molecule has 0 aliphatic heterocycles. The number of amides is 8. The zero-order chi connectivity index (χ0) is 56.2. The van der Waals surface area contributed by atoms with Gasteiger partial charge in [0.25, 0.3) is 0 Å². The topological polar surface area (TPSA) is 412 Å². The van der Waals surface area contributed by atoms with Crippen molar-refractivity contribution in [3.63, 3.8) is 0 Å². The van der Waals surface area contributed by atoms with E-state index in [1.54, 1.807) is 20.0 Å². The minimum atomic E-state index is -1.32. The molecule has 0 saturated carbocycles. The smallest absolute Gasteiger partial charge is 0.243 e. The highest BCUT2D eigenvalue weighted by Gasteiger charge is 2.34. The molecule has 1 heterocycles.